The Labute approximate surface area is 197 Å². The van der Waals surface area contributed by atoms with Crippen molar-refractivity contribution in [1.82, 2.24) is 4.90 Å². The molecule has 1 aliphatic carbocycles. The van der Waals surface area contributed by atoms with Crippen molar-refractivity contribution in [3.63, 3.8) is 0 Å². The summed E-state index contributed by atoms with van der Waals surface area (Å²) in [6.45, 7) is 1.80. The third-order valence-electron chi connectivity index (χ3n) is 7.37. The van der Waals surface area contributed by atoms with Crippen molar-refractivity contribution >= 4 is 5.91 Å². The molecule has 4 heterocycles. The summed E-state index contributed by atoms with van der Waals surface area (Å²) in [5, 5.41) is 0. The molecule has 3 fully saturated rings. The van der Waals surface area contributed by atoms with Crippen molar-refractivity contribution in [1.29, 1.82) is 0 Å². The summed E-state index contributed by atoms with van der Waals surface area (Å²) in [6.07, 6.45) is 7.93. The van der Waals surface area contributed by atoms with Gasteiger partial charge in [0, 0.05) is 23.9 Å². The Morgan fingerprint density at radius 3 is 2.79 bits per heavy atom. The van der Waals surface area contributed by atoms with Crippen LogP contribution in [-0.4, -0.2) is 43.0 Å². The van der Waals surface area contributed by atoms with E-state index in [1.54, 1.807) is 0 Å². The molecule has 1 amide bonds. The van der Waals surface area contributed by atoms with Crippen molar-refractivity contribution in [2.24, 2.45) is 5.92 Å². The summed E-state index contributed by atoms with van der Waals surface area (Å²) in [6, 6.07) is 13.6. The normalized spacial score (nSPS) is 30.2. The molecule has 0 spiro atoms. The lowest BCUT2D eigenvalue weighted by Gasteiger charge is -2.49. The number of ether oxygens (including phenoxy) is 5. The Hall–Kier alpha value is -3.29. The summed E-state index contributed by atoms with van der Waals surface area (Å²) in [7, 11) is 0. The molecule has 2 aromatic carbocycles. The first-order chi connectivity index (χ1) is 16.7. The molecule has 0 aromatic heterocycles. The Bertz CT molecular complexity index is 1200. The summed E-state index contributed by atoms with van der Waals surface area (Å²) in [5.74, 6) is 1.62. The average molecular weight is 459 g/mol. The predicted molar refractivity (Wildman–Crippen MR) is 121 cm³/mol. The second-order valence-corrected chi connectivity index (χ2v) is 9.30. The highest BCUT2D eigenvalue weighted by atomic mass is 16.7. The van der Waals surface area contributed by atoms with Crippen molar-refractivity contribution in [3.05, 3.63) is 77.5 Å². The number of nitrogens with zero attached hydrogens (tertiary/aromatic N) is 1. The van der Waals surface area contributed by atoms with Crippen LogP contribution in [0.25, 0.3) is 0 Å². The minimum Gasteiger partial charge on any atom is -0.488 e. The van der Waals surface area contributed by atoms with Crippen LogP contribution in [-0.2, 0) is 26.5 Å². The number of rotatable bonds is 6. The van der Waals surface area contributed by atoms with Crippen LogP contribution in [0.1, 0.15) is 24.0 Å². The molecule has 3 unspecified atom stereocenters. The molecule has 0 N–H and O–H groups in total. The van der Waals surface area contributed by atoms with E-state index in [-0.39, 0.29) is 30.8 Å². The maximum atomic E-state index is 14.1. The van der Waals surface area contributed by atoms with Gasteiger partial charge in [0.15, 0.2) is 17.1 Å². The molecule has 7 nitrogen and oxygen atoms in total. The third kappa shape index (κ3) is 2.87. The van der Waals surface area contributed by atoms with Crippen LogP contribution in [0.2, 0.25) is 0 Å². The lowest BCUT2D eigenvalue weighted by molar-refractivity contribution is -0.220. The molecule has 0 saturated carbocycles. The van der Waals surface area contributed by atoms with Crippen LogP contribution in [0.3, 0.4) is 0 Å². The zero-order valence-corrected chi connectivity index (χ0v) is 18.6. The number of likely N-dealkylation sites (tertiary alicyclic amines) is 1. The minimum absolute atomic E-state index is 0.0503. The zero-order valence-electron chi connectivity index (χ0n) is 18.6. The fourth-order valence-corrected chi connectivity index (χ4v) is 5.76. The molecule has 174 valence electrons. The number of amides is 1. The van der Waals surface area contributed by atoms with E-state index in [2.05, 4.69) is 0 Å². The first-order valence-corrected chi connectivity index (χ1v) is 11.8. The molecular formula is C27H25NO6. The molecule has 4 aliphatic heterocycles. The predicted octanol–water partition coefficient (Wildman–Crippen LogP) is 3.68. The smallest absolute Gasteiger partial charge is 0.264 e. The highest BCUT2D eigenvalue weighted by Crippen LogP contribution is 2.61. The van der Waals surface area contributed by atoms with Gasteiger partial charge in [0.25, 0.3) is 5.91 Å². The van der Waals surface area contributed by atoms with Crippen molar-refractivity contribution in [3.8, 4) is 17.2 Å². The minimum atomic E-state index is -1.15. The van der Waals surface area contributed by atoms with Crippen molar-refractivity contribution in [2.75, 3.05) is 19.9 Å². The van der Waals surface area contributed by atoms with Gasteiger partial charge in [-0.3, -0.25) is 4.79 Å². The highest BCUT2D eigenvalue weighted by molar-refractivity contribution is 5.95. The zero-order chi connectivity index (χ0) is 22.7. The van der Waals surface area contributed by atoms with Gasteiger partial charge in [-0.15, -0.1) is 0 Å². The molecule has 34 heavy (non-hydrogen) atoms. The van der Waals surface area contributed by atoms with E-state index in [1.165, 1.54) is 0 Å². The third-order valence-corrected chi connectivity index (χ3v) is 7.37. The lowest BCUT2D eigenvalue weighted by Crippen LogP contribution is -2.58. The van der Waals surface area contributed by atoms with Crippen LogP contribution >= 0.6 is 0 Å². The largest absolute Gasteiger partial charge is 0.488 e. The Kier molecular flexibility index (Phi) is 4.50. The van der Waals surface area contributed by atoms with Crippen molar-refractivity contribution in [2.45, 2.75) is 37.3 Å². The van der Waals surface area contributed by atoms with E-state index in [9.17, 15) is 4.79 Å². The van der Waals surface area contributed by atoms with Gasteiger partial charge < -0.3 is 28.6 Å². The van der Waals surface area contributed by atoms with E-state index in [0.29, 0.717) is 36.0 Å². The monoisotopic (exact) mass is 459 g/mol. The van der Waals surface area contributed by atoms with E-state index in [0.717, 1.165) is 30.7 Å². The van der Waals surface area contributed by atoms with Crippen LogP contribution in [0.4, 0.5) is 0 Å². The van der Waals surface area contributed by atoms with Crippen LogP contribution in [0.5, 0.6) is 17.2 Å². The maximum absolute atomic E-state index is 14.1. The van der Waals surface area contributed by atoms with Gasteiger partial charge in [0.05, 0.1) is 24.7 Å². The number of carbonyl (C=O) groups is 1. The molecule has 7 heteroatoms. The number of hydrogen-bond donors (Lipinski definition) is 0. The molecular weight excluding hydrogens is 434 g/mol. The molecule has 4 atom stereocenters. The lowest BCUT2D eigenvalue weighted by atomic mass is 9.71. The Balaban J connectivity index is 1.29. The molecule has 3 saturated heterocycles. The number of carbonyl (C=O) groups excluding carboxylic acids is 1. The first-order valence-electron chi connectivity index (χ1n) is 11.8. The molecule has 0 radical (unpaired) electrons. The van der Waals surface area contributed by atoms with Crippen LogP contribution in [0.15, 0.2) is 66.4 Å². The fourth-order valence-electron chi connectivity index (χ4n) is 5.76. The molecule has 0 bridgehead atoms. The second-order valence-electron chi connectivity index (χ2n) is 9.30. The van der Waals surface area contributed by atoms with Gasteiger partial charge in [0.1, 0.15) is 12.4 Å². The number of fused-ring (bicyclic) bond motifs is 1. The SMILES string of the molecule is O=C1N(CC2CCCO2)C2=CC=CC3OC1(c1cc4c(cc1OCc1ccccc1)OCO4)[C@@H]23. The van der Waals surface area contributed by atoms with E-state index >= 15 is 0 Å². The molecule has 5 aliphatic rings. The van der Waals surface area contributed by atoms with Crippen LogP contribution < -0.4 is 14.2 Å². The summed E-state index contributed by atoms with van der Waals surface area (Å²) >= 11 is 0. The van der Waals surface area contributed by atoms with Crippen LogP contribution in [0, 0.1) is 5.92 Å². The number of allylic oxidation sites excluding steroid dienone is 2. The van der Waals surface area contributed by atoms with Gasteiger partial charge >= 0.3 is 0 Å². The summed E-state index contributed by atoms with van der Waals surface area (Å²) < 4.78 is 29.9. The Morgan fingerprint density at radius 1 is 1.12 bits per heavy atom. The van der Waals surface area contributed by atoms with E-state index < -0.39 is 5.60 Å². The van der Waals surface area contributed by atoms with Gasteiger partial charge in [-0.2, -0.15) is 0 Å². The van der Waals surface area contributed by atoms with Gasteiger partial charge in [-0.1, -0.05) is 42.5 Å². The van der Waals surface area contributed by atoms with E-state index in [4.69, 9.17) is 23.7 Å². The number of benzene rings is 2. The number of hydrogen-bond acceptors (Lipinski definition) is 6. The highest BCUT2D eigenvalue weighted by Gasteiger charge is 2.70. The van der Waals surface area contributed by atoms with Gasteiger partial charge in [-0.05, 0) is 30.5 Å². The topological polar surface area (TPSA) is 66.5 Å². The quantitative estimate of drug-likeness (QED) is 0.657. The molecule has 7 rings (SSSR count). The molecule has 2 aromatic rings. The first kappa shape index (κ1) is 20.1. The standard InChI is InChI=1S/C27H25NO6/c29-26-27(25-20(9-4-10-21(25)34-27)28(26)14-18-8-5-11-30-18)19-12-23-24(33-16-32-23)13-22(19)31-15-17-6-2-1-3-7-17/h1-4,6-7,9-10,12-13,18,21,25H,5,8,11,14-16H2/t18?,21?,25-,27?/m0/s1. The van der Waals surface area contributed by atoms with Crippen molar-refractivity contribution < 1.29 is 28.5 Å². The average Bonchev–Trinajstić information content (AvgIpc) is 3.57. The van der Waals surface area contributed by atoms with E-state index in [1.807, 2.05) is 65.6 Å². The Morgan fingerprint density at radius 2 is 1.97 bits per heavy atom. The summed E-state index contributed by atoms with van der Waals surface area (Å²) in [4.78, 5) is 16.0. The summed E-state index contributed by atoms with van der Waals surface area (Å²) in [5.41, 5.74) is 1.57. The van der Waals surface area contributed by atoms with Gasteiger partial charge in [-0.25, -0.2) is 0 Å². The second kappa shape index (κ2) is 7.61. The van der Waals surface area contributed by atoms with Gasteiger partial charge in [0.2, 0.25) is 6.79 Å². The fraction of sp³-hybridized carbons (Fsp3) is 0.370. The maximum Gasteiger partial charge on any atom is 0.264 e.